The van der Waals surface area contributed by atoms with Crippen molar-refractivity contribution in [1.82, 2.24) is 10.2 Å². The van der Waals surface area contributed by atoms with Crippen LogP contribution in [-0.2, 0) is 9.59 Å². The number of carbonyl (C=O) groups excluding carboxylic acids is 1. The molecule has 2 N–H and O–H groups in total. The molecule has 0 aromatic carbocycles. The molecule has 2 rings (SSSR count). The monoisotopic (exact) mass is 240 g/mol. The average molecular weight is 240 g/mol. The highest BCUT2D eigenvalue weighted by Crippen LogP contribution is 2.22. The van der Waals surface area contributed by atoms with Crippen LogP contribution in [0.25, 0.3) is 0 Å². The Morgan fingerprint density at radius 3 is 2.71 bits per heavy atom. The summed E-state index contributed by atoms with van der Waals surface area (Å²) in [4.78, 5) is 24.5. The number of amides is 1. The van der Waals surface area contributed by atoms with Crippen LogP contribution in [0.3, 0.4) is 0 Å². The molecule has 0 aromatic heterocycles. The first-order chi connectivity index (χ1) is 8.16. The van der Waals surface area contributed by atoms with Gasteiger partial charge < -0.3 is 15.3 Å². The van der Waals surface area contributed by atoms with Crippen molar-refractivity contribution in [3.8, 4) is 0 Å². The number of aliphatic carboxylic acids is 1. The summed E-state index contributed by atoms with van der Waals surface area (Å²) in [6.07, 6.45) is 2.98. The summed E-state index contributed by atoms with van der Waals surface area (Å²) in [6.45, 7) is 3.20. The third-order valence-electron chi connectivity index (χ3n) is 3.73. The van der Waals surface area contributed by atoms with Crippen LogP contribution in [0.5, 0.6) is 0 Å². The van der Waals surface area contributed by atoms with Crippen LogP contribution in [0.15, 0.2) is 0 Å². The summed E-state index contributed by atoms with van der Waals surface area (Å²) in [7, 11) is 0. The zero-order chi connectivity index (χ0) is 12.3. The molecule has 5 heteroatoms. The van der Waals surface area contributed by atoms with E-state index in [0.717, 1.165) is 39.0 Å². The van der Waals surface area contributed by atoms with Crippen molar-refractivity contribution in [2.24, 2.45) is 11.8 Å². The van der Waals surface area contributed by atoms with E-state index in [4.69, 9.17) is 5.11 Å². The van der Waals surface area contributed by atoms with Crippen LogP contribution in [0.1, 0.15) is 25.7 Å². The highest BCUT2D eigenvalue weighted by atomic mass is 16.4. The number of carboxylic acids is 1. The molecule has 0 radical (unpaired) electrons. The number of nitrogens with zero attached hydrogens (tertiary/aromatic N) is 1. The van der Waals surface area contributed by atoms with Crippen LogP contribution >= 0.6 is 0 Å². The lowest BCUT2D eigenvalue weighted by Crippen LogP contribution is -2.53. The zero-order valence-corrected chi connectivity index (χ0v) is 10.0. The summed E-state index contributed by atoms with van der Waals surface area (Å²) < 4.78 is 0. The Kier molecular flexibility index (Phi) is 3.99. The SMILES string of the molecule is O=C(O)CCC1CCCN(C(=O)C2CNC2)C1. The van der Waals surface area contributed by atoms with Crippen LogP contribution in [0.4, 0.5) is 0 Å². The standard InChI is InChI=1S/C12H20N2O3/c15-11(16)4-3-9-2-1-5-14(8-9)12(17)10-6-13-7-10/h9-10,13H,1-8H2,(H,15,16). The van der Waals surface area contributed by atoms with Gasteiger partial charge in [0, 0.05) is 32.6 Å². The van der Waals surface area contributed by atoms with Crippen molar-refractivity contribution < 1.29 is 14.7 Å². The second kappa shape index (κ2) is 5.49. The van der Waals surface area contributed by atoms with Gasteiger partial charge in [-0.1, -0.05) is 0 Å². The van der Waals surface area contributed by atoms with E-state index >= 15 is 0 Å². The average Bonchev–Trinajstić information content (AvgIpc) is 2.24. The molecule has 0 bridgehead atoms. The van der Waals surface area contributed by atoms with Gasteiger partial charge in [-0.2, -0.15) is 0 Å². The van der Waals surface area contributed by atoms with Crippen LogP contribution in [-0.4, -0.2) is 48.1 Å². The first-order valence-electron chi connectivity index (χ1n) is 6.38. The molecule has 96 valence electrons. The Bertz CT molecular complexity index is 302. The Morgan fingerprint density at radius 1 is 1.35 bits per heavy atom. The normalized spacial score (nSPS) is 25.4. The van der Waals surface area contributed by atoms with E-state index in [1.165, 1.54) is 0 Å². The molecule has 0 spiro atoms. The maximum Gasteiger partial charge on any atom is 0.303 e. The fourth-order valence-electron chi connectivity index (χ4n) is 2.55. The molecule has 2 aliphatic rings. The third kappa shape index (κ3) is 3.19. The molecule has 0 aliphatic carbocycles. The van der Waals surface area contributed by atoms with E-state index in [2.05, 4.69) is 5.32 Å². The second-order valence-electron chi connectivity index (χ2n) is 5.08. The Morgan fingerprint density at radius 2 is 2.12 bits per heavy atom. The first-order valence-corrected chi connectivity index (χ1v) is 6.38. The van der Waals surface area contributed by atoms with Crippen molar-refractivity contribution in [2.45, 2.75) is 25.7 Å². The molecule has 0 aromatic rings. The summed E-state index contributed by atoms with van der Waals surface area (Å²) in [5, 5.41) is 11.8. The molecule has 2 saturated heterocycles. The summed E-state index contributed by atoms with van der Waals surface area (Å²) in [5.41, 5.74) is 0. The van der Waals surface area contributed by atoms with E-state index in [0.29, 0.717) is 12.3 Å². The minimum absolute atomic E-state index is 0.160. The van der Waals surface area contributed by atoms with Crippen molar-refractivity contribution in [2.75, 3.05) is 26.2 Å². The van der Waals surface area contributed by atoms with Crippen molar-refractivity contribution >= 4 is 11.9 Å². The molecule has 1 amide bonds. The fourth-order valence-corrected chi connectivity index (χ4v) is 2.55. The molecular weight excluding hydrogens is 220 g/mol. The number of hydrogen-bond donors (Lipinski definition) is 2. The molecule has 1 atom stereocenters. The molecule has 17 heavy (non-hydrogen) atoms. The zero-order valence-electron chi connectivity index (χ0n) is 10.0. The lowest BCUT2D eigenvalue weighted by molar-refractivity contribution is -0.139. The van der Waals surface area contributed by atoms with Crippen molar-refractivity contribution in [1.29, 1.82) is 0 Å². The molecule has 2 aliphatic heterocycles. The van der Waals surface area contributed by atoms with Gasteiger partial charge in [0.25, 0.3) is 0 Å². The molecule has 2 heterocycles. The van der Waals surface area contributed by atoms with Gasteiger partial charge in [-0.3, -0.25) is 9.59 Å². The molecule has 0 saturated carbocycles. The van der Waals surface area contributed by atoms with E-state index in [1.54, 1.807) is 0 Å². The van der Waals surface area contributed by atoms with Gasteiger partial charge >= 0.3 is 5.97 Å². The predicted molar refractivity (Wildman–Crippen MR) is 62.5 cm³/mol. The van der Waals surface area contributed by atoms with Crippen molar-refractivity contribution in [3.63, 3.8) is 0 Å². The predicted octanol–water partition coefficient (Wildman–Crippen LogP) is 0.309. The number of nitrogens with one attached hydrogen (secondary N) is 1. The number of carboxylic acid groups (broad SMARTS) is 1. The summed E-state index contributed by atoms with van der Waals surface area (Å²) >= 11 is 0. The van der Waals surface area contributed by atoms with E-state index < -0.39 is 5.97 Å². The van der Waals surface area contributed by atoms with E-state index in [-0.39, 0.29) is 18.2 Å². The van der Waals surface area contributed by atoms with E-state index in [1.807, 2.05) is 4.90 Å². The maximum atomic E-state index is 12.0. The number of likely N-dealkylation sites (tertiary alicyclic amines) is 1. The van der Waals surface area contributed by atoms with Crippen LogP contribution in [0, 0.1) is 11.8 Å². The van der Waals surface area contributed by atoms with Crippen molar-refractivity contribution in [3.05, 3.63) is 0 Å². The Hall–Kier alpha value is -1.10. The number of hydrogen-bond acceptors (Lipinski definition) is 3. The van der Waals surface area contributed by atoms with Gasteiger partial charge in [-0.15, -0.1) is 0 Å². The molecular formula is C12H20N2O3. The van der Waals surface area contributed by atoms with Gasteiger partial charge in [0.1, 0.15) is 0 Å². The number of piperidine rings is 1. The largest absolute Gasteiger partial charge is 0.481 e. The van der Waals surface area contributed by atoms with Gasteiger partial charge in [0.2, 0.25) is 5.91 Å². The van der Waals surface area contributed by atoms with Crippen LogP contribution < -0.4 is 5.32 Å². The lowest BCUT2D eigenvalue weighted by atomic mass is 9.91. The lowest BCUT2D eigenvalue weighted by Gasteiger charge is -2.37. The minimum Gasteiger partial charge on any atom is -0.481 e. The molecule has 1 unspecified atom stereocenters. The Labute approximate surface area is 101 Å². The highest BCUT2D eigenvalue weighted by molar-refractivity contribution is 5.80. The topological polar surface area (TPSA) is 69.6 Å². The third-order valence-corrected chi connectivity index (χ3v) is 3.73. The van der Waals surface area contributed by atoms with Crippen LogP contribution in [0.2, 0.25) is 0 Å². The minimum atomic E-state index is -0.739. The van der Waals surface area contributed by atoms with E-state index in [9.17, 15) is 9.59 Å². The number of rotatable bonds is 4. The smallest absolute Gasteiger partial charge is 0.303 e. The summed E-state index contributed by atoms with van der Waals surface area (Å²) in [6, 6.07) is 0. The first kappa shape index (κ1) is 12.4. The highest BCUT2D eigenvalue weighted by Gasteiger charge is 2.31. The van der Waals surface area contributed by atoms with Gasteiger partial charge in [-0.05, 0) is 25.2 Å². The molecule has 2 fully saturated rings. The number of carbonyl (C=O) groups is 2. The molecule has 5 nitrogen and oxygen atoms in total. The van der Waals surface area contributed by atoms with Gasteiger partial charge in [-0.25, -0.2) is 0 Å². The second-order valence-corrected chi connectivity index (χ2v) is 5.08. The van der Waals surface area contributed by atoms with Gasteiger partial charge in [0.15, 0.2) is 0 Å². The quantitative estimate of drug-likeness (QED) is 0.742. The van der Waals surface area contributed by atoms with Gasteiger partial charge in [0.05, 0.1) is 5.92 Å². The summed E-state index contributed by atoms with van der Waals surface area (Å²) in [5.74, 6) is 0.0467. The maximum absolute atomic E-state index is 12.0. The fraction of sp³-hybridized carbons (Fsp3) is 0.833. The Balaban J connectivity index is 1.79.